The van der Waals surface area contributed by atoms with Crippen LogP contribution in [0.5, 0.6) is 0 Å². The molecule has 4 atom stereocenters. The Labute approximate surface area is 510 Å². The Balaban J connectivity index is 0.824. The largest absolute Gasteiger partial charge is 0.0622 e. The van der Waals surface area contributed by atoms with Crippen molar-refractivity contribution < 1.29 is 0 Å². The summed E-state index contributed by atoms with van der Waals surface area (Å²) in [7, 11) is 0. The van der Waals surface area contributed by atoms with E-state index in [-0.39, 0.29) is 21.7 Å². The highest BCUT2D eigenvalue weighted by atomic mass is 14.6. The molecule has 0 radical (unpaired) electrons. The molecule has 0 heteroatoms. The molecule has 0 nitrogen and oxygen atoms in total. The maximum atomic E-state index is 3.71. The lowest BCUT2D eigenvalue weighted by Gasteiger charge is -2.64. The van der Waals surface area contributed by atoms with Crippen LogP contribution in [-0.4, -0.2) is 0 Å². The van der Waals surface area contributed by atoms with Crippen molar-refractivity contribution in [3.8, 4) is 71.0 Å². The van der Waals surface area contributed by atoms with Crippen LogP contribution < -0.4 is 0 Å². The van der Waals surface area contributed by atoms with Crippen LogP contribution in [0.1, 0.15) is 166 Å². The van der Waals surface area contributed by atoms with Crippen LogP contribution in [0, 0.1) is 94.7 Å². The van der Waals surface area contributed by atoms with Crippen molar-refractivity contribution in [2.45, 2.75) is 98.7 Å². The van der Waals surface area contributed by atoms with Crippen molar-refractivity contribution >= 4 is 0 Å². The normalized spacial score (nSPS) is 24.7. The smallest absolute Gasteiger partial charge is 0.0562 e. The second-order valence-corrected chi connectivity index (χ2v) is 26.2. The van der Waals surface area contributed by atoms with Crippen LogP contribution in [0.25, 0.3) is 0 Å². The van der Waals surface area contributed by atoms with Gasteiger partial charge in [-0.3, -0.25) is 0 Å². The highest BCUT2D eigenvalue weighted by molar-refractivity contribution is 5.67. The van der Waals surface area contributed by atoms with Gasteiger partial charge in [-0.1, -0.05) is 205 Å². The third kappa shape index (κ3) is 10.6. The highest BCUT2D eigenvalue weighted by Crippen LogP contribution is 2.69. The molecule has 8 aliphatic rings. The second-order valence-electron chi connectivity index (χ2n) is 26.2. The Bertz CT molecular complexity index is 3980. The minimum atomic E-state index is 0.00241. The zero-order valence-corrected chi connectivity index (χ0v) is 48.7. The summed E-state index contributed by atoms with van der Waals surface area (Å²) in [5.74, 6) is 46.1. The molecule has 0 amide bonds. The molecule has 0 aromatic heterocycles. The van der Waals surface area contributed by atoms with E-state index in [1.165, 1.54) is 75.3 Å². The quantitative estimate of drug-likeness (QED) is 0.154. The van der Waals surface area contributed by atoms with E-state index in [9.17, 15) is 0 Å². The molecule has 0 N–H and O–H groups in total. The molecule has 9 aromatic carbocycles. The summed E-state index contributed by atoms with van der Waals surface area (Å²) in [6, 6.07) is 82.3. The second kappa shape index (κ2) is 22.4. The Kier molecular flexibility index (Phi) is 13.8. The zero-order chi connectivity index (χ0) is 57.4. The molecule has 86 heavy (non-hydrogen) atoms. The van der Waals surface area contributed by atoms with Gasteiger partial charge in [-0.2, -0.15) is 0 Å². The fraction of sp³-hybridized carbons (Fsp3) is 0.233. The first kappa shape index (κ1) is 53.1. The Morgan fingerprint density at radius 3 is 0.709 bits per heavy atom. The lowest BCUT2D eigenvalue weighted by molar-refractivity contribution is -0.0310. The first-order valence-electron chi connectivity index (χ1n) is 31.2. The van der Waals surface area contributed by atoms with E-state index in [4.69, 9.17) is 0 Å². The molecule has 410 valence electrons. The summed E-state index contributed by atoms with van der Waals surface area (Å²) in [6.45, 7) is 0. The Morgan fingerprint density at radius 2 is 0.453 bits per heavy atom. The van der Waals surface area contributed by atoms with Gasteiger partial charge in [-0.05, 0) is 242 Å². The predicted octanol–water partition coefficient (Wildman–Crippen LogP) is 17.7. The maximum absolute atomic E-state index is 3.71. The SMILES string of the molecule is C(#Cc1cc(C23CC4CC(CC(c5cccc(C67CC8CC(C6)CC(c6cc(C#Cc9ccccc9)c(C#Cc9ccccc9)c(C#Cc9ccccc9)c6)(C8)C7)c5)(C4)C2)C3)cc(C#Cc2ccccc2)c1C#Cc1ccccc1)c1ccccc1. The van der Waals surface area contributed by atoms with E-state index in [1.54, 1.807) is 11.1 Å². The molecule has 0 spiro atoms. The van der Waals surface area contributed by atoms with E-state index in [0.29, 0.717) is 23.7 Å². The highest BCUT2D eigenvalue weighted by Gasteiger charge is 2.61. The maximum Gasteiger partial charge on any atom is 0.0562 e. The molecule has 8 saturated carbocycles. The molecular formula is C86H66. The van der Waals surface area contributed by atoms with E-state index >= 15 is 0 Å². The molecule has 0 saturated heterocycles. The first-order valence-corrected chi connectivity index (χ1v) is 31.2. The van der Waals surface area contributed by atoms with Gasteiger partial charge in [0.25, 0.3) is 0 Å². The lowest BCUT2D eigenvalue weighted by Crippen LogP contribution is -2.57. The molecule has 9 aromatic rings. The van der Waals surface area contributed by atoms with Gasteiger partial charge in [0.15, 0.2) is 0 Å². The van der Waals surface area contributed by atoms with Crippen LogP contribution >= 0.6 is 0 Å². The van der Waals surface area contributed by atoms with Crippen molar-refractivity contribution in [3.63, 3.8) is 0 Å². The zero-order valence-electron chi connectivity index (χ0n) is 48.7. The third-order valence-corrected chi connectivity index (χ3v) is 20.4. The van der Waals surface area contributed by atoms with Crippen molar-refractivity contribution in [1.29, 1.82) is 0 Å². The fourth-order valence-electron chi connectivity index (χ4n) is 17.6. The number of benzene rings is 9. The number of rotatable bonds is 4. The molecule has 0 aliphatic heterocycles. The van der Waals surface area contributed by atoms with E-state index in [1.807, 2.05) is 12.1 Å². The molecule has 8 aliphatic carbocycles. The molecule has 4 unspecified atom stereocenters. The van der Waals surface area contributed by atoms with Crippen LogP contribution in [0.2, 0.25) is 0 Å². The van der Waals surface area contributed by atoms with E-state index in [2.05, 4.69) is 289 Å². The summed E-state index contributed by atoms with van der Waals surface area (Å²) in [4.78, 5) is 0. The van der Waals surface area contributed by atoms with Crippen molar-refractivity contribution in [1.82, 2.24) is 0 Å². The standard InChI is InChI=1S/C86H66/c1-7-20-63(21-8-1)34-40-73-48-79(49-74(41-35-64-22-9-2-10-23-64)81(73)44-38-67-28-15-5-16-29-67)85-57-69-46-70(58-85)54-83(53-69,61-85)77-32-19-33-78(52-77)84-55-71-47-72(56-84)60-86(59-71,62-84)80-50-75(42-36-65-24-11-3-12-25-65)82(45-39-68-30-17-6-18-31-68)76(51-80)43-37-66-26-13-4-14-27-66/h1-33,48-52,69-72H,46-47,53-62H2. The van der Waals surface area contributed by atoms with Crippen LogP contribution in [0.3, 0.4) is 0 Å². The van der Waals surface area contributed by atoms with Gasteiger partial charge >= 0.3 is 0 Å². The molecule has 0 heterocycles. The minimum Gasteiger partial charge on any atom is -0.0622 e. The summed E-state index contributed by atoms with van der Waals surface area (Å²) in [5.41, 5.74) is 17.8. The van der Waals surface area contributed by atoms with Crippen molar-refractivity contribution in [2.24, 2.45) is 23.7 Å². The van der Waals surface area contributed by atoms with E-state index in [0.717, 1.165) is 79.6 Å². The predicted molar refractivity (Wildman–Crippen MR) is 350 cm³/mol. The van der Waals surface area contributed by atoms with Crippen molar-refractivity contribution in [2.75, 3.05) is 0 Å². The summed E-state index contributed by atoms with van der Waals surface area (Å²) >= 11 is 0. The van der Waals surface area contributed by atoms with Crippen molar-refractivity contribution in [3.05, 3.63) is 320 Å². The molecular weight excluding hydrogens is 1030 g/mol. The molecule has 17 rings (SSSR count). The van der Waals surface area contributed by atoms with Gasteiger partial charge in [0.05, 0.1) is 11.1 Å². The van der Waals surface area contributed by atoms with Gasteiger partial charge in [-0.15, -0.1) is 0 Å². The number of hydrogen-bond acceptors (Lipinski definition) is 0. The van der Waals surface area contributed by atoms with Gasteiger partial charge < -0.3 is 0 Å². The van der Waals surface area contributed by atoms with E-state index < -0.39 is 0 Å². The van der Waals surface area contributed by atoms with Crippen LogP contribution in [0.15, 0.2) is 231 Å². The van der Waals surface area contributed by atoms with Gasteiger partial charge in [0.1, 0.15) is 0 Å². The van der Waals surface area contributed by atoms with Crippen LogP contribution in [-0.2, 0) is 21.7 Å². The molecule has 8 fully saturated rings. The van der Waals surface area contributed by atoms with Gasteiger partial charge in [0.2, 0.25) is 0 Å². The monoisotopic (exact) mass is 1100 g/mol. The topological polar surface area (TPSA) is 0 Å². The first-order chi connectivity index (χ1) is 42.3. The Hall–Kier alpha value is -9.66. The average Bonchev–Trinajstić information content (AvgIpc) is 0.742. The minimum absolute atomic E-state index is 0.00241. The number of hydrogen-bond donors (Lipinski definition) is 0. The lowest BCUT2D eigenvalue weighted by atomic mass is 9.40. The fourth-order valence-corrected chi connectivity index (χ4v) is 17.6. The van der Waals surface area contributed by atoms with Gasteiger partial charge in [0, 0.05) is 55.6 Å². The van der Waals surface area contributed by atoms with Gasteiger partial charge in [-0.25, -0.2) is 0 Å². The summed E-state index contributed by atoms with van der Waals surface area (Å²) in [5, 5.41) is 0. The average molecular weight is 1100 g/mol. The molecule has 8 bridgehead atoms. The third-order valence-electron chi connectivity index (χ3n) is 20.4. The van der Waals surface area contributed by atoms with Crippen LogP contribution in [0.4, 0.5) is 0 Å². The summed E-state index contributed by atoms with van der Waals surface area (Å²) < 4.78 is 0. The Morgan fingerprint density at radius 1 is 0.221 bits per heavy atom. The summed E-state index contributed by atoms with van der Waals surface area (Å²) in [6.07, 6.45) is 14.8.